The fourth-order valence-electron chi connectivity index (χ4n) is 2.08. The Balaban J connectivity index is 2.32. The molecule has 0 radical (unpaired) electrons. The Kier molecular flexibility index (Phi) is 4.27. The van der Waals surface area contributed by atoms with Gasteiger partial charge in [-0.2, -0.15) is 4.31 Å². The summed E-state index contributed by atoms with van der Waals surface area (Å²) in [5, 5.41) is 9.04. The first-order valence-electron chi connectivity index (χ1n) is 5.41. The topological polar surface area (TPSA) is 74.7 Å². The molecule has 1 saturated heterocycles. The van der Waals surface area contributed by atoms with E-state index in [-0.39, 0.29) is 28.2 Å². The van der Waals surface area contributed by atoms with Crippen molar-refractivity contribution in [3.8, 4) is 0 Å². The predicted molar refractivity (Wildman–Crippen MR) is 76.1 cm³/mol. The highest BCUT2D eigenvalue weighted by Crippen LogP contribution is 2.38. The lowest BCUT2D eigenvalue weighted by molar-refractivity contribution is -0.142. The minimum Gasteiger partial charge on any atom is -0.481 e. The van der Waals surface area contributed by atoms with Gasteiger partial charge in [0.15, 0.2) is 0 Å². The molecule has 5 nitrogen and oxygen atoms in total. The van der Waals surface area contributed by atoms with Gasteiger partial charge in [-0.1, -0.05) is 18.5 Å². The number of hydrogen-bond donors (Lipinski definition) is 1. The Hall–Kier alpha value is -0.150. The van der Waals surface area contributed by atoms with Crippen molar-refractivity contribution in [3.05, 3.63) is 14.2 Å². The van der Waals surface area contributed by atoms with Gasteiger partial charge in [-0.15, -0.1) is 11.3 Å². The lowest BCUT2D eigenvalue weighted by atomic mass is 9.99. The van der Waals surface area contributed by atoms with E-state index in [4.69, 9.17) is 16.7 Å². The van der Waals surface area contributed by atoms with E-state index in [2.05, 4.69) is 15.9 Å². The third-order valence-electron chi connectivity index (χ3n) is 3.14. The summed E-state index contributed by atoms with van der Waals surface area (Å²) in [5.41, 5.74) is 0. The first kappa shape index (κ1) is 15.2. The van der Waals surface area contributed by atoms with E-state index < -0.39 is 21.9 Å². The van der Waals surface area contributed by atoms with E-state index in [1.54, 1.807) is 6.92 Å². The Morgan fingerprint density at radius 3 is 2.63 bits per heavy atom. The summed E-state index contributed by atoms with van der Waals surface area (Å²) in [7, 11) is -3.73. The molecule has 1 aromatic heterocycles. The molecule has 1 aliphatic heterocycles. The number of rotatable bonds is 3. The summed E-state index contributed by atoms with van der Waals surface area (Å²) in [5.74, 6) is -1.86. The first-order valence-corrected chi connectivity index (χ1v) is 8.84. The van der Waals surface area contributed by atoms with Gasteiger partial charge < -0.3 is 5.11 Å². The lowest BCUT2D eigenvalue weighted by Gasteiger charge is -2.15. The van der Waals surface area contributed by atoms with Crippen LogP contribution in [0.4, 0.5) is 0 Å². The van der Waals surface area contributed by atoms with Crippen molar-refractivity contribution in [2.75, 3.05) is 13.1 Å². The highest BCUT2D eigenvalue weighted by atomic mass is 79.9. The maximum absolute atomic E-state index is 12.4. The highest BCUT2D eigenvalue weighted by Gasteiger charge is 2.41. The van der Waals surface area contributed by atoms with Gasteiger partial charge in [0.1, 0.15) is 9.23 Å². The van der Waals surface area contributed by atoms with Gasteiger partial charge in [0.05, 0.1) is 9.70 Å². The van der Waals surface area contributed by atoms with Crippen LogP contribution in [0.5, 0.6) is 0 Å². The maximum atomic E-state index is 12.4. The summed E-state index contributed by atoms with van der Waals surface area (Å²) < 4.78 is 26.8. The quantitative estimate of drug-likeness (QED) is 0.863. The van der Waals surface area contributed by atoms with E-state index in [9.17, 15) is 13.2 Å². The number of thiophene rings is 1. The molecule has 0 saturated carbocycles. The molecule has 1 fully saturated rings. The largest absolute Gasteiger partial charge is 0.481 e. The average molecular weight is 389 g/mol. The van der Waals surface area contributed by atoms with Crippen LogP contribution in [-0.2, 0) is 14.8 Å². The van der Waals surface area contributed by atoms with Crippen LogP contribution >= 0.6 is 38.9 Å². The number of aliphatic carboxylic acids is 1. The number of halogens is 2. The molecular weight excluding hydrogens is 378 g/mol. The summed E-state index contributed by atoms with van der Waals surface area (Å²) in [6.07, 6.45) is 0. The highest BCUT2D eigenvalue weighted by molar-refractivity contribution is 9.11. The molecule has 0 aromatic carbocycles. The van der Waals surface area contributed by atoms with Crippen LogP contribution < -0.4 is 0 Å². The van der Waals surface area contributed by atoms with Crippen LogP contribution in [0.25, 0.3) is 0 Å². The second-order valence-electron chi connectivity index (χ2n) is 4.43. The Morgan fingerprint density at radius 2 is 2.21 bits per heavy atom. The molecule has 2 heterocycles. The average Bonchev–Trinajstić information content (AvgIpc) is 2.82. The fraction of sp³-hybridized carbons (Fsp3) is 0.500. The van der Waals surface area contributed by atoms with E-state index in [0.717, 1.165) is 11.3 Å². The summed E-state index contributed by atoms with van der Waals surface area (Å²) in [4.78, 5) is 11.1. The predicted octanol–water partition coefficient (Wildman–Crippen LogP) is 2.51. The number of nitrogens with zero attached hydrogens (tertiary/aromatic N) is 1. The zero-order chi connectivity index (χ0) is 14.4. The van der Waals surface area contributed by atoms with Crippen molar-refractivity contribution in [1.82, 2.24) is 4.31 Å². The maximum Gasteiger partial charge on any atom is 0.308 e. The van der Waals surface area contributed by atoms with Crippen molar-refractivity contribution in [2.45, 2.75) is 11.8 Å². The molecular formula is C10H11BrClNO4S2. The van der Waals surface area contributed by atoms with Crippen molar-refractivity contribution < 1.29 is 18.3 Å². The third kappa shape index (κ3) is 2.82. The summed E-state index contributed by atoms with van der Waals surface area (Å²) in [6.45, 7) is 1.92. The van der Waals surface area contributed by atoms with Gasteiger partial charge >= 0.3 is 5.97 Å². The van der Waals surface area contributed by atoms with Crippen molar-refractivity contribution in [3.63, 3.8) is 0 Å². The zero-order valence-electron chi connectivity index (χ0n) is 9.84. The van der Waals surface area contributed by atoms with E-state index in [0.29, 0.717) is 3.79 Å². The summed E-state index contributed by atoms with van der Waals surface area (Å²) in [6, 6.07) is 1.45. The molecule has 0 amide bonds. The van der Waals surface area contributed by atoms with Gasteiger partial charge in [-0.3, -0.25) is 4.79 Å². The normalized spacial score (nSPS) is 24.8. The third-order valence-corrected chi connectivity index (χ3v) is 7.10. The van der Waals surface area contributed by atoms with Crippen molar-refractivity contribution >= 4 is 54.9 Å². The molecule has 0 spiro atoms. The van der Waals surface area contributed by atoms with Gasteiger partial charge in [-0.25, -0.2) is 8.42 Å². The van der Waals surface area contributed by atoms with Crippen LogP contribution in [0.15, 0.2) is 14.7 Å². The molecule has 0 bridgehead atoms. The molecule has 19 heavy (non-hydrogen) atoms. The fourth-order valence-corrected chi connectivity index (χ4v) is 6.38. The van der Waals surface area contributed by atoms with Gasteiger partial charge in [0, 0.05) is 13.1 Å². The number of carboxylic acid groups (broad SMARTS) is 1. The van der Waals surface area contributed by atoms with Gasteiger partial charge in [0.25, 0.3) is 0 Å². The molecule has 0 aliphatic carbocycles. The van der Waals surface area contributed by atoms with Crippen molar-refractivity contribution in [2.24, 2.45) is 11.8 Å². The minimum absolute atomic E-state index is 0.0113. The van der Waals surface area contributed by atoms with E-state index in [1.165, 1.54) is 10.4 Å². The SMILES string of the molecule is C[C@@H]1CN(S(=O)(=O)c2cc(Br)sc2Cl)C[C@H]1C(=O)O. The standard InChI is InChI=1S/C10H11BrClNO4S2/c1-5-3-13(4-6(5)10(14)15)19(16,17)7-2-8(11)18-9(7)12/h2,5-6H,3-4H2,1H3,(H,14,15)/t5-,6-/m1/s1. The number of carbonyl (C=O) groups is 1. The zero-order valence-corrected chi connectivity index (χ0v) is 13.8. The second-order valence-corrected chi connectivity index (χ2v) is 9.37. The Labute approximate surface area is 128 Å². The second kappa shape index (κ2) is 5.33. The van der Waals surface area contributed by atoms with Gasteiger partial charge in [-0.05, 0) is 27.9 Å². The van der Waals surface area contributed by atoms with Gasteiger partial charge in [0.2, 0.25) is 10.0 Å². The smallest absolute Gasteiger partial charge is 0.308 e. The number of hydrogen-bond acceptors (Lipinski definition) is 4. The summed E-state index contributed by atoms with van der Waals surface area (Å²) >= 11 is 10.2. The lowest BCUT2D eigenvalue weighted by Crippen LogP contribution is -2.30. The minimum atomic E-state index is -3.73. The molecule has 1 aromatic rings. The molecule has 106 valence electrons. The Bertz CT molecular complexity index is 615. The van der Waals surface area contributed by atoms with E-state index in [1.807, 2.05) is 0 Å². The molecule has 1 aliphatic rings. The van der Waals surface area contributed by atoms with Crippen molar-refractivity contribution in [1.29, 1.82) is 0 Å². The van der Waals surface area contributed by atoms with Crippen LogP contribution in [-0.4, -0.2) is 36.9 Å². The molecule has 9 heteroatoms. The molecule has 0 unspecified atom stereocenters. The van der Waals surface area contributed by atoms with Crippen LogP contribution in [0, 0.1) is 11.8 Å². The number of sulfonamides is 1. The number of carboxylic acids is 1. The van der Waals surface area contributed by atoms with Crippen LogP contribution in [0.2, 0.25) is 4.34 Å². The Morgan fingerprint density at radius 1 is 1.58 bits per heavy atom. The van der Waals surface area contributed by atoms with Crippen LogP contribution in [0.3, 0.4) is 0 Å². The first-order chi connectivity index (χ1) is 8.73. The van der Waals surface area contributed by atoms with Crippen LogP contribution in [0.1, 0.15) is 6.92 Å². The monoisotopic (exact) mass is 387 g/mol. The van der Waals surface area contributed by atoms with E-state index >= 15 is 0 Å². The molecule has 2 atom stereocenters. The molecule has 2 rings (SSSR count). The molecule has 1 N–H and O–H groups in total.